The highest BCUT2D eigenvalue weighted by Gasteiger charge is 2.26. The molecule has 5 rings (SSSR count). The Morgan fingerprint density at radius 3 is 2.58 bits per heavy atom. The lowest BCUT2D eigenvalue weighted by atomic mass is 10.1. The van der Waals surface area contributed by atoms with Gasteiger partial charge in [-0.25, -0.2) is 4.98 Å². The van der Waals surface area contributed by atoms with Gasteiger partial charge in [-0.15, -0.1) is 0 Å². The van der Waals surface area contributed by atoms with Crippen molar-refractivity contribution in [3.63, 3.8) is 0 Å². The zero-order valence-electron chi connectivity index (χ0n) is 14.3. The summed E-state index contributed by atoms with van der Waals surface area (Å²) in [5.74, 6) is 0.655. The molecular weight excluding hydrogens is 322 g/mol. The Kier molecular flexibility index (Phi) is 3.63. The van der Waals surface area contributed by atoms with Gasteiger partial charge in [0.2, 0.25) is 0 Å². The molecule has 26 heavy (non-hydrogen) atoms. The van der Waals surface area contributed by atoms with Crippen molar-refractivity contribution in [3.8, 4) is 22.5 Å². The fraction of sp³-hybridized carbons (Fsp3) is 0.190. The van der Waals surface area contributed by atoms with Gasteiger partial charge in [0.25, 0.3) is 0 Å². The summed E-state index contributed by atoms with van der Waals surface area (Å²) >= 11 is 0. The lowest BCUT2D eigenvalue weighted by Crippen LogP contribution is -2.01. The third kappa shape index (κ3) is 2.81. The van der Waals surface area contributed by atoms with Crippen molar-refractivity contribution < 1.29 is 0 Å². The van der Waals surface area contributed by atoms with E-state index in [0.717, 1.165) is 34.8 Å². The van der Waals surface area contributed by atoms with Crippen molar-refractivity contribution in [2.24, 2.45) is 0 Å². The Balaban J connectivity index is 1.57. The lowest BCUT2D eigenvalue weighted by molar-refractivity contribution is 0.772. The van der Waals surface area contributed by atoms with E-state index in [1.165, 1.54) is 18.5 Å². The van der Waals surface area contributed by atoms with Gasteiger partial charge < -0.3 is 4.57 Å². The van der Waals surface area contributed by atoms with E-state index in [1.807, 2.05) is 49.1 Å². The molecule has 128 valence electrons. The molecule has 1 aliphatic carbocycles. The number of aromatic nitrogens is 5. The van der Waals surface area contributed by atoms with Crippen LogP contribution in [0.1, 0.15) is 30.1 Å². The van der Waals surface area contributed by atoms with E-state index in [4.69, 9.17) is 4.98 Å². The number of nitrogens with zero attached hydrogens (tertiary/aromatic N) is 4. The second kappa shape index (κ2) is 6.26. The zero-order valence-corrected chi connectivity index (χ0v) is 14.3. The largest absolute Gasteiger partial charge is 0.324 e. The Morgan fingerprint density at radius 1 is 1.00 bits per heavy atom. The Hall–Kier alpha value is -3.21. The fourth-order valence-electron chi connectivity index (χ4n) is 3.35. The van der Waals surface area contributed by atoms with Crippen molar-refractivity contribution in [1.29, 1.82) is 0 Å². The molecule has 1 N–H and O–H groups in total. The number of benzene rings is 1. The standard InChI is InChI=1S/C21H19N5/c1-2-4-16(5-3-1)20-21(17-8-10-22-11-9-17)26(14-23-20)13-18-12-19(25-24-18)15-6-7-15/h1-5,8-12,14-15H,6-7,13H2,(H,24,25). The summed E-state index contributed by atoms with van der Waals surface area (Å²) in [5.41, 5.74) is 6.60. The van der Waals surface area contributed by atoms with E-state index in [9.17, 15) is 0 Å². The van der Waals surface area contributed by atoms with Gasteiger partial charge in [0, 0.05) is 29.4 Å². The van der Waals surface area contributed by atoms with Crippen molar-refractivity contribution in [1.82, 2.24) is 24.7 Å². The topological polar surface area (TPSA) is 59.4 Å². The van der Waals surface area contributed by atoms with E-state index in [1.54, 1.807) is 0 Å². The number of aromatic amines is 1. The third-order valence-corrected chi connectivity index (χ3v) is 4.83. The summed E-state index contributed by atoms with van der Waals surface area (Å²) in [5, 5.41) is 7.67. The summed E-state index contributed by atoms with van der Waals surface area (Å²) in [6, 6.07) is 16.6. The van der Waals surface area contributed by atoms with Gasteiger partial charge in [-0.2, -0.15) is 5.10 Å². The zero-order chi connectivity index (χ0) is 17.3. The monoisotopic (exact) mass is 341 g/mol. The maximum atomic E-state index is 4.72. The third-order valence-electron chi connectivity index (χ3n) is 4.83. The van der Waals surface area contributed by atoms with E-state index < -0.39 is 0 Å². The van der Waals surface area contributed by atoms with Crippen LogP contribution in [0.3, 0.4) is 0 Å². The molecule has 0 atom stereocenters. The van der Waals surface area contributed by atoms with E-state index in [2.05, 4.69) is 37.9 Å². The van der Waals surface area contributed by atoms with Crippen molar-refractivity contribution in [2.75, 3.05) is 0 Å². The van der Waals surface area contributed by atoms with E-state index >= 15 is 0 Å². The van der Waals surface area contributed by atoms with Gasteiger partial charge in [0.15, 0.2) is 0 Å². The van der Waals surface area contributed by atoms with Crippen molar-refractivity contribution in [2.45, 2.75) is 25.3 Å². The lowest BCUT2D eigenvalue weighted by Gasteiger charge is -2.09. The highest BCUT2D eigenvalue weighted by Crippen LogP contribution is 2.39. The summed E-state index contributed by atoms with van der Waals surface area (Å²) in [6.45, 7) is 0.719. The smallest absolute Gasteiger partial charge is 0.0963 e. The summed E-state index contributed by atoms with van der Waals surface area (Å²) < 4.78 is 2.18. The molecule has 5 heteroatoms. The minimum atomic E-state index is 0.655. The molecule has 1 aromatic carbocycles. The average Bonchev–Trinajstić information content (AvgIpc) is 3.30. The molecule has 1 fully saturated rings. The molecular formula is C21H19N5. The van der Waals surface area contributed by atoms with Crippen LogP contribution in [-0.2, 0) is 6.54 Å². The molecule has 0 unspecified atom stereocenters. The van der Waals surface area contributed by atoms with Gasteiger partial charge in [-0.05, 0) is 31.0 Å². The summed E-state index contributed by atoms with van der Waals surface area (Å²) in [6.07, 6.45) is 8.08. The molecule has 4 aromatic rings. The SMILES string of the molecule is c1ccc(-c2ncn(Cc3cc(C4CC4)n[nH]3)c2-c2ccncc2)cc1. The highest BCUT2D eigenvalue weighted by atomic mass is 15.2. The van der Waals surface area contributed by atoms with Crippen molar-refractivity contribution >= 4 is 0 Å². The predicted molar refractivity (Wildman–Crippen MR) is 101 cm³/mol. The molecule has 3 heterocycles. The Morgan fingerprint density at radius 2 is 1.81 bits per heavy atom. The first-order valence-electron chi connectivity index (χ1n) is 8.93. The maximum Gasteiger partial charge on any atom is 0.0963 e. The highest BCUT2D eigenvalue weighted by molar-refractivity contribution is 5.78. The fourth-order valence-corrected chi connectivity index (χ4v) is 3.35. The molecule has 5 nitrogen and oxygen atoms in total. The van der Waals surface area contributed by atoms with E-state index in [0.29, 0.717) is 5.92 Å². The first kappa shape index (κ1) is 15.1. The second-order valence-corrected chi connectivity index (χ2v) is 6.76. The predicted octanol–water partition coefficient (Wildman–Crippen LogP) is 4.26. The van der Waals surface area contributed by atoms with E-state index in [-0.39, 0.29) is 0 Å². The van der Waals surface area contributed by atoms with Gasteiger partial charge in [0.05, 0.1) is 35.6 Å². The number of nitrogens with one attached hydrogen (secondary N) is 1. The molecule has 0 amide bonds. The van der Waals surface area contributed by atoms with Crippen LogP contribution >= 0.6 is 0 Å². The normalized spacial score (nSPS) is 13.8. The van der Waals surface area contributed by atoms with Gasteiger partial charge in [-0.3, -0.25) is 10.1 Å². The molecule has 0 radical (unpaired) electrons. The van der Waals surface area contributed by atoms with Crippen LogP contribution in [0.4, 0.5) is 0 Å². The van der Waals surface area contributed by atoms with Crippen LogP contribution in [-0.4, -0.2) is 24.7 Å². The molecule has 0 spiro atoms. The first-order valence-corrected chi connectivity index (χ1v) is 8.93. The van der Waals surface area contributed by atoms with Crippen LogP contribution in [0.15, 0.2) is 67.3 Å². The Bertz CT molecular complexity index is 1010. The van der Waals surface area contributed by atoms with Crippen LogP contribution < -0.4 is 0 Å². The minimum Gasteiger partial charge on any atom is -0.324 e. The van der Waals surface area contributed by atoms with Gasteiger partial charge in [0.1, 0.15) is 0 Å². The number of pyridine rings is 1. The molecule has 0 bridgehead atoms. The number of hydrogen-bond acceptors (Lipinski definition) is 3. The summed E-state index contributed by atoms with van der Waals surface area (Å²) in [7, 11) is 0. The molecule has 3 aromatic heterocycles. The molecule has 0 aliphatic heterocycles. The Labute approximate surface area is 151 Å². The second-order valence-electron chi connectivity index (χ2n) is 6.76. The van der Waals surface area contributed by atoms with Gasteiger partial charge in [-0.1, -0.05) is 30.3 Å². The summed E-state index contributed by atoms with van der Waals surface area (Å²) in [4.78, 5) is 8.88. The number of rotatable bonds is 5. The molecule has 1 saturated carbocycles. The van der Waals surface area contributed by atoms with Crippen LogP contribution in [0, 0.1) is 0 Å². The quantitative estimate of drug-likeness (QED) is 0.590. The average molecular weight is 341 g/mol. The number of hydrogen-bond donors (Lipinski definition) is 1. The maximum absolute atomic E-state index is 4.72. The van der Waals surface area contributed by atoms with Gasteiger partial charge >= 0.3 is 0 Å². The minimum absolute atomic E-state index is 0.655. The van der Waals surface area contributed by atoms with Crippen molar-refractivity contribution in [3.05, 3.63) is 78.6 Å². The van der Waals surface area contributed by atoms with Crippen LogP contribution in [0.25, 0.3) is 22.5 Å². The van der Waals surface area contributed by atoms with Crippen LogP contribution in [0.5, 0.6) is 0 Å². The number of imidazole rings is 1. The number of H-pyrrole nitrogens is 1. The molecule has 0 saturated heterocycles. The first-order chi connectivity index (χ1) is 12.9. The van der Waals surface area contributed by atoms with Crippen LogP contribution in [0.2, 0.25) is 0 Å². The molecule has 1 aliphatic rings.